The highest BCUT2D eigenvalue weighted by atomic mass is 19.1. The predicted octanol–water partition coefficient (Wildman–Crippen LogP) is 4.22. The van der Waals surface area contributed by atoms with E-state index in [2.05, 4.69) is 5.10 Å². The van der Waals surface area contributed by atoms with Gasteiger partial charge in [0.2, 0.25) is 0 Å². The molecular weight excluding hydrogens is 406 g/mol. The van der Waals surface area contributed by atoms with Gasteiger partial charge in [-0.15, -0.1) is 0 Å². The molecule has 0 N–H and O–H groups in total. The average Bonchev–Trinajstić information content (AvgIpc) is 3.04. The van der Waals surface area contributed by atoms with E-state index in [1.54, 1.807) is 23.7 Å². The van der Waals surface area contributed by atoms with E-state index in [4.69, 9.17) is 9.47 Å². The van der Waals surface area contributed by atoms with Gasteiger partial charge < -0.3 is 9.47 Å². The first kappa shape index (κ1) is 21.9. The van der Waals surface area contributed by atoms with Crippen LogP contribution in [0.1, 0.15) is 27.3 Å². The summed E-state index contributed by atoms with van der Waals surface area (Å²) < 4.78 is 38.3. The summed E-state index contributed by atoms with van der Waals surface area (Å²) in [5.74, 6) is -2.28. The molecule has 0 saturated heterocycles. The maximum Gasteiger partial charge on any atom is 0.331 e. The second-order valence-corrected chi connectivity index (χ2v) is 6.69. The van der Waals surface area contributed by atoms with Crippen LogP contribution in [-0.2, 0) is 9.53 Å². The van der Waals surface area contributed by atoms with Crippen molar-refractivity contribution in [1.29, 1.82) is 0 Å². The first-order chi connectivity index (χ1) is 14.8. The summed E-state index contributed by atoms with van der Waals surface area (Å²) in [6, 6.07) is 9.63. The number of hydrogen-bond acceptors (Lipinski definition) is 5. The van der Waals surface area contributed by atoms with Crippen molar-refractivity contribution < 1.29 is 27.8 Å². The van der Waals surface area contributed by atoms with Crippen molar-refractivity contribution in [1.82, 2.24) is 9.78 Å². The van der Waals surface area contributed by atoms with Gasteiger partial charge in [-0.05, 0) is 62.4 Å². The Labute approximate surface area is 177 Å². The molecule has 0 spiro atoms. The van der Waals surface area contributed by atoms with Gasteiger partial charge >= 0.3 is 5.97 Å². The van der Waals surface area contributed by atoms with Gasteiger partial charge in [-0.3, -0.25) is 4.79 Å². The molecule has 0 aliphatic heterocycles. The number of benzene rings is 2. The number of carbonyl (C=O) groups is 2. The minimum Gasteiger partial charge on any atom is -0.494 e. The van der Waals surface area contributed by atoms with E-state index in [1.165, 1.54) is 43.5 Å². The number of carbonyl (C=O) groups excluding carboxylic acids is 2. The van der Waals surface area contributed by atoms with Crippen LogP contribution in [0.25, 0.3) is 11.8 Å². The smallest absolute Gasteiger partial charge is 0.331 e. The van der Waals surface area contributed by atoms with Crippen LogP contribution in [0.15, 0.2) is 48.5 Å². The van der Waals surface area contributed by atoms with Crippen LogP contribution >= 0.6 is 0 Å². The lowest BCUT2D eigenvalue weighted by Crippen LogP contribution is -2.12. The van der Waals surface area contributed by atoms with Gasteiger partial charge in [0, 0.05) is 22.9 Å². The number of methoxy groups -OCH3 is 1. The molecule has 160 valence electrons. The lowest BCUT2D eigenvalue weighted by atomic mass is 10.1. The summed E-state index contributed by atoms with van der Waals surface area (Å²) >= 11 is 0. The van der Waals surface area contributed by atoms with E-state index >= 15 is 0 Å². The Kier molecular flexibility index (Phi) is 6.59. The molecule has 6 nitrogen and oxygen atoms in total. The SMILES string of the molecule is COc1ccc(C(=O)COC(=O)/C=C/c2c(C)nn(-c3ccc(F)cc3)c2C)cc1F. The van der Waals surface area contributed by atoms with Gasteiger partial charge in [0.1, 0.15) is 5.82 Å². The Morgan fingerprint density at radius 1 is 1.10 bits per heavy atom. The Balaban J connectivity index is 1.65. The van der Waals surface area contributed by atoms with Crippen molar-refractivity contribution in [3.8, 4) is 11.4 Å². The van der Waals surface area contributed by atoms with Crippen LogP contribution in [0.5, 0.6) is 5.75 Å². The van der Waals surface area contributed by atoms with Gasteiger partial charge in [-0.1, -0.05) is 0 Å². The molecule has 0 saturated carbocycles. The molecular formula is C23H20F2N2O4. The monoisotopic (exact) mass is 426 g/mol. The standard InChI is InChI=1S/C23H20F2N2O4/c1-14-19(15(2)27(26-14)18-7-5-17(24)6-8-18)9-11-23(29)31-13-21(28)16-4-10-22(30-3)20(25)12-16/h4-12H,13H2,1-3H3/b11-9+. The van der Waals surface area contributed by atoms with Gasteiger partial charge in [0.05, 0.1) is 18.5 Å². The largest absolute Gasteiger partial charge is 0.494 e. The van der Waals surface area contributed by atoms with Crippen LogP contribution in [0.3, 0.4) is 0 Å². The molecule has 3 aromatic rings. The number of nitrogens with zero attached hydrogens (tertiary/aromatic N) is 2. The molecule has 0 aliphatic carbocycles. The molecule has 8 heteroatoms. The second kappa shape index (κ2) is 9.34. The van der Waals surface area contributed by atoms with E-state index < -0.39 is 24.2 Å². The third kappa shape index (κ3) is 5.03. The third-order valence-electron chi connectivity index (χ3n) is 4.62. The lowest BCUT2D eigenvalue weighted by Gasteiger charge is -2.05. The molecule has 0 fully saturated rings. The fraction of sp³-hybridized carbons (Fsp3) is 0.174. The molecule has 0 unspecified atom stereocenters. The zero-order valence-electron chi connectivity index (χ0n) is 17.2. The van der Waals surface area contributed by atoms with Crippen LogP contribution in [0.4, 0.5) is 8.78 Å². The number of esters is 1. The van der Waals surface area contributed by atoms with E-state index in [1.807, 2.05) is 6.92 Å². The quantitative estimate of drug-likeness (QED) is 0.322. The topological polar surface area (TPSA) is 70.4 Å². The van der Waals surface area contributed by atoms with E-state index in [0.29, 0.717) is 16.9 Å². The number of ketones is 1. The maximum atomic E-state index is 13.7. The van der Waals surface area contributed by atoms with Crippen LogP contribution in [-0.4, -0.2) is 35.2 Å². The van der Waals surface area contributed by atoms with Crippen molar-refractivity contribution in [2.45, 2.75) is 13.8 Å². The second-order valence-electron chi connectivity index (χ2n) is 6.69. The zero-order valence-corrected chi connectivity index (χ0v) is 17.2. The molecule has 31 heavy (non-hydrogen) atoms. The molecule has 1 aromatic heterocycles. The lowest BCUT2D eigenvalue weighted by molar-refractivity contribution is -0.136. The predicted molar refractivity (Wildman–Crippen MR) is 110 cm³/mol. The minimum absolute atomic E-state index is 0.0170. The van der Waals surface area contributed by atoms with Crippen LogP contribution in [0, 0.1) is 25.5 Å². The number of Topliss-reactive ketones (excluding diaryl/α,β-unsaturated/α-hetero) is 1. The molecule has 0 bridgehead atoms. The van der Waals surface area contributed by atoms with Crippen molar-refractivity contribution >= 4 is 17.8 Å². The molecule has 3 rings (SSSR count). The maximum absolute atomic E-state index is 13.7. The molecule has 2 aromatic carbocycles. The number of halogens is 2. The molecule has 1 heterocycles. The third-order valence-corrected chi connectivity index (χ3v) is 4.62. The number of aromatic nitrogens is 2. The van der Waals surface area contributed by atoms with Crippen molar-refractivity contribution in [3.63, 3.8) is 0 Å². The molecule has 0 amide bonds. The fourth-order valence-electron chi connectivity index (χ4n) is 2.99. The van der Waals surface area contributed by atoms with Gasteiger partial charge in [0.15, 0.2) is 24.0 Å². The van der Waals surface area contributed by atoms with E-state index in [0.717, 1.165) is 11.8 Å². The minimum atomic E-state index is -0.726. The molecule has 0 aliphatic rings. The van der Waals surface area contributed by atoms with E-state index in [9.17, 15) is 18.4 Å². The highest BCUT2D eigenvalue weighted by Gasteiger charge is 2.14. The first-order valence-electron chi connectivity index (χ1n) is 9.34. The summed E-state index contributed by atoms with van der Waals surface area (Å²) in [5.41, 5.74) is 2.86. The summed E-state index contributed by atoms with van der Waals surface area (Å²) in [7, 11) is 1.32. The number of rotatable bonds is 7. The fourth-order valence-corrected chi connectivity index (χ4v) is 2.99. The normalized spacial score (nSPS) is 11.0. The van der Waals surface area contributed by atoms with E-state index in [-0.39, 0.29) is 17.1 Å². The van der Waals surface area contributed by atoms with Gasteiger partial charge in [-0.2, -0.15) is 5.10 Å². The highest BCUT2D eigenvalue weighted by Crippen LogP contribution is 2.20. The average molecular weight is 426 g/mol. The Hall–Kier alpha value is -3.81. The summed E-state index contributed by atoms with van der Waals surface area (Å²) in [4.78, 5) is 24.2. The number of ether oxygens (including phenoxy) is 2. The summed E-state index contributed by atoms with van der Waals surface area (Å²) in [6.45, 7) is 3.07. The van der Waals surface area contributed by atoms with Crippen LogP contribution in [0.2, 0.25) is 0 Å². The molecule has 0 atom stereocenters. The van der Waals surface area contributed by atoms with Crippen molar-refractivity contribution in [2.75, 3.05) is 13.7 Å². The molecule has 0 radical (unpaired) electrons. The highest BCUT2D eigenvalue weighted by molar-refractivity contribution is 5.99. The van der Waals surface area contributed by atoms with Crippen molar-refractivity contribution in [2.24, 2.45) is 0 Å². The van der Waals surface area contributed by atoms with Crippen LogP contribution < -0.4 is 4.74 Å². The Bertz CT molecular complexity index is 1150. The van der Waals surface area contributed by atoms with Gasteiger partial charge in [-0.25, -0.2) is 18.3 Å². The number of hydrogen-bond donors (Lipinski definition) is 0. The van der Waals surface area contributed by atoms with Crippen molar-refractivity contribution in [3.05, 3.63) is 82.7 Å². The zero-order chi connectivity index (χ0) is 22.5. The Morgan fingerprint density at radius 3 is 2.45 bits per heavy atom. The first-order valence-corrected chi connectivity index (χ1v) is 9.34. The summed E-state index contributed by atoms with van der Waals surface area (Å²) in [5, 5.41) is 4.42. The van der Waals surface area contributed by atoms with Gasteiger partial charge in [0.25, 0.3) is 0 Å². The Morgan fingerprint density at radius 2 is 1.81 bits per heavy atom. The summed E-state index contributed by atoms with van der Waals surface area (Å²) in [6.07, 6.45) is 2.73. The number of aryl methyl sites for hydroxylation is 1.